The predicted molar refractivity (Wildman–Crippen MR) is 86.2 cm³/mol. The molecule has 1 fully saturated rings. The molecule has 4 rings (SSSR count). The quantitative estimate of drug-likeness (QED) is 0.736. The second-order valence-corrected chi connectivity index (χ2v) is 5.96. The van der Waals surface area contributed by atoms with Gasteiger partial charge >= 0.3 is 0 Å². The molecule has 0 unspecified atom stereocenters. The van der Waals surface area contributed by atoms with Crippen molar-refractivity contribution in [1.29, 1.82) is 0 Å². The maximum atomic E-state index is 12.8. The van der Waals surface area contributed by atoms with Gasteiger partial charge in [0.15, 0.2) is 0 Å². The lowest BCUT2D eigenvalue weighted by atomic mass is 10.1. The zero-order chi connectivity index (χ0) is 16.5. The van der Waals surface area contributed by atoms with Crippen molar-refractivity contribution < 1.29 is 13.8 Å². The summed E-state index contributed by atoms with van der Waals surface area (Å²) in [4.78, 5) is 14.6. The van der Waals surface area contributed by atoms with Crippen molar-refractivity contribution in [2.75, 3.05) is 6.54 Å². The second-order valence-electron chi connectivity index (χ2n) is 5.96. The van der Waals surface area contributed by atoms with E-state index in [1.807, 2.05) is 43.3 Å². The highest BCUT2D eigenvalue weighted by atomic mass is 16.5. The number of rotatable bonds is 3. The standard InChI is InChI=1S/C18H17N3O3/c1-12-10-15(20-23-12)16-8-5-9-21(16)18(22)17-11-14(19-24-17)13-6-3-2-4-7-13/h2-4,6-7,10-11,16H,5,8-9H2,1H3/t16-/m1/s1. The Bertz CT molecular complexity index is 853. The minimum Gasteiger partial charge on any atom is -0.361 e. The van der Waals surface area contributed by atoms with E-state index in [9.17, 15) is 4.79 Å². The van der Waals surface area contributed by atoms with E-state index in [2.05, 4.69) is 10.3 Å². The molecule has 1 aromatic carbocycles. The lowest BCUT2D eigenvalue weighted by molar-refractivity contribution is 0.0688. The fourth-order valence-corrected chi connectivity index (χ4v) is 3.12. The van der Waals surface area contributed by atoms with Crippen LogP contribution in [-0.2, 0) is 0 Å². The van der Waals surface area contributed by atoms with Crippen LogP contribution < -0.4 is 0 Å². The van der Waals surface area contributed by atoms with Crippen LogP contribution in [0, 0.1) is 6.92 Å². The number of likely N-dealkylation sites (tertiary alicyclic amines) is 1. The summed E-state index contributed by atoms with van der Waals surface area (Å²) in [5.41, 5.74) is 2.37. The van der Waals surface area contributed by atoms with Crippen LogP contribution in [0.3, 0.4) is 0 Å². The lowest BCUT2D eigenvalue weighted by Crippen LogP contribution is -2.30. The monoisotopic (exact) mass is 323 g/mol. The summed E-state index contributed by atoms with van der Waals surface area (Å²) < 4.78 is 10.4. The van der Waals surface area contributed by atoms with Crippen LogP contribution in [0.1, 0.15) is 40.9 Å². The molecule has 0 radical (unpaired) electrons. The van der Waals surface area contributed by atoms with Gasteiger partial charge in [0.2, 0.25) is 5.76 Å². The molecule has 3 heterocycles. The van der Waals surface area contributed by atoms with Gasteiger partial charge in [0, 0.05) is 24.2 Å². The first-order chi connectivity index (χ1) is 11.7. The van der Waals surface area contributed by atoms with E-state index in [1.165, 1.54) is 0 Å². The molecule has 0 N–H and O–H groups in total. The minimum atomic E-state index is -0.159. The van der Waals surface area contributed by atoms with Gasteiger partial charge in [0.05, 0.1) is 6.04 Å². The van der Waals surface area contributed by atoms with Crippen molar-refractivity contribution in [2.45, 2.75) is 25.8 Å². The summed E-state index contributed by atoms with van der Waals surface area (Å²) in [7, 11) is 0. The summed E-state index contributed by atoms with van der Waals surface area (Å²) in [5.74, 6) is 0.837. The van der Waals surface area contributed by atoms with Gasteiger partial charge in [0.25, 0.3) is 5.91 Å². The Morgan fingerprint density at radius 1 is 1.17 bits per heavy atom. The van der Waals surface area contributed by atoms with E-state index in [0.29, 0.717) is 12.2 Å². The summed E-state index contributed by atoms with van der Waals surface area (Å²) in [6.07, 6.45) is 1.80. The Morgan fingerprint density at radius 3 is 2.75 bits per heavy atom. The Labute approximate surface area is 139 Å². The van der Waals surface area contributed by atoms with Crippen LogP contribution in [0.15, 0.2) is 51.5 Å². The average molecular weight is 323 g/mol. The van der Waals surface area contributed by atoms with Gasteiger partial charge in [0.1, 0.15) is 17.1 Å². The molecule has 1 saturated heterocycles. The molecule has 2 aromatic heterocycles. The van der Waals surface area contributed by atoms with E-state index in [4.69, 9.17) is 9.05 Å². The molecular weight excluding hydrogens is 306 g/mol. The van der Waals surface area contributed by atoms with Gasteiger partial charge < -0.3 is 13.9 Å². The van der Waals surface area contributed by atoms with Crippen LogP contribution in [0.4, 0.5) is 0 Å². The van der Waals surface area contributed by atoms with Crippen molar-refractivity contribution in [3.8, 4) is 11.3 Å². The highest BCUT2D eigenvalue weighted by Gasteiger charge is 2.34. The molecular formula is C18H17N3O3. The van der Waals surface area contributed by atoms with E-state index < -0.39 is 0 Å². The summed E-state index contributed by atoms with van der Waals surface area (Å²) in [6.45, 7) is 2.52. The third-order valence-electron chi connectivity index (χ3n) is 4.29. The molecule has 0 aliphatic carbocycles. The normalized spacial score (nSPS) is 17.4. The van der Waals surface area contributed by atoms with Crippen molar-refractivity contribution in [1.82, 2.24) is 15.2 Å². The number of carbonyl (C=O) groups excluding carboxylic acids is 1. The zero-order valence-corrected chi connectivity index (χ0v) is 13.3. The van der Waals surface area contributed by atoms with Crippen molar-refractivity contribution in [2.24, 2.45) is 0 Å². The molecule has 3 aromatic rings. The molecule has 0 spiro atoms. The van der Waals surface area contributed by atoms with Crippen molar-refractivity contribution >= 4 is 5.91 Å². The average Bonchev–Trinajstić information content (AvgIpc) is 3.35. The zero-order valence-electron chi connectivity index (χ0n) is 13.3. The Hall–Kier alpha value is -2.89. The minimum absolute atomic E-state index is 0.0692. The third-order valence-corrected chi connectivity index (χ3v) is 4.29. The van der Waals surface area contributed by atoms with Gasteiger partial charge in [-0.1, -0.05) is 40.6 Å². The van der Waals surface area contributed by atoms with E-state index in [0.717, 1.165) is 29.9 Å². The highest BCUT2D eigenvalue weighted by Crippen LogP contribution is 2.33. The van der Waals surface area contributed by atoms with Gasteiger partial charge in [-0.25, -0.2) is 0 Å². The van der Waals surface area contributed by atoms with E-state index in [1.54, 1.807) is 11.0 Å². The lowest BCUT2D eigenvalue weighted by Gasteiger charge is -2.21. The number of hydrogen-bond donors (Lipinski definition) is 0. The van der Waals surface area contributed by atoms with Gasteiger partial charge in [-0.15, -0.1) is 0 Å². The topological polar surface area (TPSA) is 72.4 Å². The first kappa shape index (κ1) is 14.7. The van der Waals surface area contributed by atoms with Crippen molar-refractivity contribution in [3.05, 3.63) is 59.7 Å². The third kappa shape index (κ3) is 2.60. The molecule has 1 amide bonds. The van der Waals surface area contributed by atoms with E-state index in [-0.39, 0.29) is 17.7 Å². The van der Waals surface area contributed by atoms with Gasteiger partial charge in [-0.05, 0) is 19.8 Å². The molecule has 122 valence electrons. The molecule has 1 aliphatic heterocycles. The largest absolute Gasteiger partial charge is 0.361 e. The fraction of sp³-hybridized carbons (Fsp3) is 0.278. The first-order valence-electron chi connectivity index (χ1n) is 7.99. The fourth-order valence-electron chi connectivity index (χ4n) is 3.12. The van der Waals surface area contributed by atoms with Gasteiger partial charge in [-0.2, -0.15) is 0 Å². The Balaban J connectivity index is 1.58. The summed E-state index contributed by atoms with van der Waals surface area (Å²) in [5, 5.41) is 8.09. The second kappa shape index (κ2) is 5.96. The molecule has 24 heavy (non-hydrogen) atoms. The smallest absolute Gasteiger partial charge is 0.293 e. The number of aromatic nitrogens is 2. The number of hydrogen-bond acceptors (Lipinski definition) is 5. The van der Waals surface area contributed by atoms with Crippen molar-refractivity contribution in [3.63, 3.8) is 0 Å². The summed E-state index contributed by atoms with van der Waals surface area (Å²) >= 11 is 0. The molecule has 0 bridgehead atoms. The molecule has 0 saturated carbocycles. The Morgan fingerprint density at radius 2 is 2.00 bits per heavy atom. The number of amides is 1. The van der Waals surface area contributed by atoms with Crippen LogP contribution in [0.5, 0.6) is 0 Å². The maximum absolute atomic E-state index is 12.8. The van der Waals surface area contributed by atoms with Crippen LogP contribution in [-0.4, -0.2) is 27.7 Å². The summed E-state index contributed by atoms with van der Waals surface area (Å²) in [6, 6.07) is 13.2. The molecule has 1 atom stereocenters. The van der Waals surface area contributed by atoms with Gasteiger partial charge in [-0.3, -0.25) is 4.79 Å². The number of benzene rings is 1. The number of carbonyl (C=O) groups is 1. The predicted octanol–water partition coefficient (Wildman–Crippen LogP) is 3.62. The van der Waals surface area contributed by atoms with Crippen LogP contribution in [0.25, 0.3) is 11.3 Å². The maximum Gasteiger partial charge on any atom is 0.293 e. The van der Waals surface area contributed by atoms with Crippen LogP contribution >= 0.6 is 0 Å². The Kier molecular flexibility index (Phi) is 3.65. The molecule has 6 heteroatoms. The number of aryl methyl sites for hydroxylation is 1. The highest BCUT2D eigenvalue weighted by molar-refractivity contribution is 5.92. The number of nitrogens with zero attached hydrogens (tertiary/aromatic N) is 3. The molecule has 6 nitrogen and oxygen atoms in total. The SMILES string of the molecule is Cc1cc([C@H]2CCCN2C(=O)c2cc(-c3ccccc3)no2)no1. The van der Waals surface area contributed by atoms with E-state index >= 15 is 0 Å². The van der Waals surface area contributed by atoms with Crippen LogP contribution in [0.2, 0.25) is 0 Å². The molecule has 1 aliphatic rings. The first-order valence-corrected chi connectivity index (χ1v) is 7.99.